The smallest absolute Gasteiger partial charge is 0.410 e. The molecule has 0 bridgehead atoms. The molecule has 0 spiro atoms. The van der Waals surface area contributed by atoms with Gasteiger partial charge in [0, 0.05) is 45.3 Å². The number of hydrogen-bond acceptors (Lipinski definition) is 7. The average molecular weight is 503 g/mol. The summed E-state index contributed by atoms with van der Waals surface area (Å²) in [6, 6.07) is 0. The van der Waals surface area contributed by atoms with E-state index in [0.29, 0.717) is 18.8 Å². The predicted octanol–water partition coefficient (Wildman–Crippen LogP) is 1.80. The van der Waals surface area contributed by atoms with Gasteiger partial charge in [-0.05, 0) is 45.7 Å². The highest BCUT2D eigenvalue weighted by Crippen LogP contribution is 2.22. The number of imide groups is 1. The second-order valence-corrected chi connectivity index (χ2v) is 10.5. The molecule has 3 heterocycles. The number of piperazine rings is 2. The van der Waals surface area contributed by atoms with Crippen LogP contribution >= 0.6 is 0 Å². The molecule has 0 unspecified atom stereocenters. The number of hydrogen-bond donors (Lipinski definition) is 1. The minimum absolute atomic E-state index is 0.0523. The summed E-state index contributed by atoms with van der Waals surface area (Å²) in [6.07, 6.45) is 3.94. The van der Waals surface area contributed by atoms with E-state index in [-0.39, 0.29) is 24.3 Å². The molecular weight excluding hydrogens is 464 g/mol. The molecule has 36 heavy (non-hydrogen) atoms. The molecule has 1 N–H and O–H groups in total. The van der Waals surface area contributed by atoms with Gasteiger partial charge in [-0.15, -0.1) is 0 Å². The minimum atomic E-state index is -0.531. The third-order valence-corrected chi connectivity index (χ3v) is 6.06. The summed E-state index contributed by atoms with van der Waals surface area (Å²) in [6.45, 7) is 15.2. The Hall–Kier alpha value is -3.21. The largest absolute Gasteiger partial charge is 0.444 e. The number of aromatic nitrogens is 2. The normalized spacial score (nSPS) is 18.7. The van der Waals surface area contributed by atoms with E-state index in [4.69, 9.17) is 4.74 Å². The molecule has 0 saturated carbocycles. The average Bonchev–Trinajstić information content (AvgIpc) is 3.17. The highest BCUT2D eigenvalue weighted by Gasteiger charge is 2.31. The van der Waals surface area contributed by atoms with Crippen LogP contribution in [-0.4, -0.2) is 92.9 Å². The maximum atomic E-state index is 12.6. The summed E-state index contributed by atoms with van der Waals surface area (Å²) in [4.78, 5) is 58.1. The molecule has 2 aliphatic rings. The van der Waals surface area contributed by atoms with Crippen LogP contribution in [0.15, 0.2) is 12.0 Å². The van der Waals surface area contributed by atoms with Gasteiger partial charge in [0.15, 0.2) is 0 Å². The molecule has 0 aliphatic carbocycles. The highest BCUT2D eigenvalue weighted by molar-refractivity contribution is 6.12. The van der Waals surface area contributed by atoms with E-state index in [0.717, 1.165) is 43.2 Å². The van der Waals surface area contributed by atoms with Gasteiger partial charge < -0.3 is 19.5 Å². The molecule has 11 nitrogen and oxygen atoms in total. The van der Waals surface area contributed by atoms with Gasteiger partial charge in [-0.1, -0.05) is 13.8 Å². The first kappa shape index (κ1) is 27.4. The van der Waals surface area contributed by atoms with E-state index in [1.807, 2.05) is 20.8 Å². The molecule has 0 radical (unpaired) electrons. The molecule has 11 heteroatoms. The molecule has 2 fully saturated rings. The summed E-state index contributed by atoms with van der Waals surface area (Å²) < 4.78 is 7.54. The lowest BCUT2D eigenvalue weighted by atomic mass is 10.1. The Labute approximate surface area is 212 Å². The van der Waals surface area contributed by atoms with Crippen molar-refractivity contribution >= 4 is 29.9 Å². The number of nitrogens with zero attached hydrogens (tertiary/aromatic N) is 5. The van der Waals surface area contributed by atoms with Crippen molar-refractivity contribution in [2.24, 2.45) is 0 Å². The Kier molecular flexibility index (Phi) is 8.55. The van der Waals surface area contributed by atoms with Crippen molar-refractivity contribution in [1.29, 1.82) is 0 Å². The van der Waals surface area contributed by atoms with Crippen molar-refractivity contribution in [2.75, 3.05) is 39.3 Å². The van der Waals surface area contributed by atoms with E-state index < -0.39 is 23.3 Å². The number of carbonyl (C=O) groups is 4. The first-order chi connectivity index (χ1) is 16.9. The Morgan fingerprint density at radius 2 is 1.81 bits per heavy atom. The van der Waals surface area contributed by atoms with Gasteiger partial charge >= 0.3 is 6.09 Å². The Morgan fingerprint density at radius 1 is 1.14 bits per heavy atom. The number of aryl methyl sites for hydroxylation is 1. The lowest BCUT2D eigenvalue weighted by Crippen LogP contribution is -2.51. The molecule has 2 saturated heterocycles. The first-order valence-electron chi connectivity index (χ1n) is 12.4. The maximum Gasteiger partial charge on any atom is 0.410 e. The minimum Gasteiger partial charge on any atom is -0.444 e. The fourth-order valence-corrected chi connectivity index (χ4v) is 4.36. The van der Waals surface area contributed by atoms with Gasteiger partial charge in [-0.25, -0.2) is 9.78 Å². The Morgan fingerprint density at radius 3 is 2.39 bits per heavy atom. The van der Waals surface area contributed by atoms with E-state index in [1.54, 1.807) is 17.3 Å². The fourth-order valence-electron chi connectivity index (χ4n) is 4.36. The molecule has 3 rings (SSSR count). The van der Waals surface area contributed by atoms with E-state index in [9.17, 15) is 19.2 Å². The van der Waals surface area contributed by atoms with Crippen LogP contribution in [-0.2, 0) is 25.7 Å². The van der Waals surface area contributed by atoms with E-state index in [2.05, 4.69) is 33.6 Å². The highest BCUT2D eigenvalue weighted by atomic mass is 16.6. The van der Waals surface area contributed by atoms with Crippen LogP contribution in [0.25, 0.3) is 6.08 Å². The summed E-state index contributed by atoms with van der Waals surface area (Å²) in [5.41, 5.74) is 1.12. The number of ether oxygens (including phenoxy) is 1. The standard InChI is InChI=1S/C25H38N6O5/c1-17(2)22-19(14-20-23(34)31(18(3)32)15-21(33)27-20)26-16-30(22)9-7-8-28-10-12-29(13-11-28)24(35)36-25(4,5)6/h14,16-17H,7-13,15H2,1-6H3,(H,27,33). The van der Waals surface area contributed by atoms with Crippen LogP contribution in [0.5, 0.6) is 0 Å². The number of amides is 4. The third-order valence-electron chi connectivity index (χ3n) is 6.06. The molecule has 2 aliphatic heterocycles. The van der Waals surface area contributed by atoms with Crippen LogP contribution in [0.2, 0.25) is 0 Å². The molecule has 4 amide bonds. The van der Waals surface area contributed by atoms with E-state index >= 15 is 0 Å². The van der Waals surface area contributed by atoms with Crippen molar-refractivity contribution in [1.82, 2.24) is 29.6 Å². The molecule has 1 aromatic heterocycles. The van der Waals surface area contributed by atoms with Gasteiger partial charge in [0.2, 0.25) is 11.8 Å². The number of imidazole rings is 1. The summed E-state index contributed by atoms with van der Waals surface area (Å²) in [7, 11) is 0. The van der Waals surface area contributed by atoms with Crippen molar-refractivity contribution in [3.63, 3.8) is 0 Å². The van der Waals surface area contributed by atoms with E-state index in [1.165, 1.54) is 6.92 Å². The van der Waals surface area contributed by atoms with Gasteiger partial charge in [0.05, 0.1) is 12.0 Å². The van der Waals surface area contributed by atoms with Crippen LogP contribution in [0.1, 0.15) is 65.3 Å². The van der Waals surface area contributed by atoms with Gasteiger partial charge in [0.25, 0.3) is 5.91 Å². The lowest BCUT2D eigenvalue weighted by Gasteiger charge is -2.35. The molecule has 1 aromatic rings. The second kappa shape index (κ2) is 11.2. The molecular formula is C25H38N6O5. The lowest BCUT2D eigenvalue weighted by molar-refractivity contribution is -0.147. The molecule has 0 atom stereocenters. The Balaban J connectivity index is 1.59. The van der Waals surface area contributed by atoms with Gasteiger partial charge in [-0.3, -0.25) is 24.2 Å². The maximum absolute atomic E-state index is 12.6. The summed E-state index contributed by atoms with van der Waals surface area (Å²) >= 11 is 0. The quantitative estimate of drug-likeness (QED) is 0.590. The first-order valence-corrected chi connectivity index (χ1v) is 12.4. The third kappa shape index (κ3) is 6.93. The summed E-state index contributed by atoms with van der Waals surface area (Å²) in [5.74, 6) is -1.28. The van der Waals surface area contributed by atoms with Crippen molar-refractivity contribution < 1.29 is 23.9 Å². The second-order valence-electron chi connectivity index (χ2n) is 10.5. The zero-order chi connectivity index (χ0) is 26.6. The predicted molar refractivity (Wildman–Crippen MR) is 134 cm³/mol. The van der Waals surface area contributed by atoms with Crippen LogP contribution in [0.4, 0.5) is 4.79 Å². The van der Waals surface area contributed by atoms with Crippen molar-refractivity contribution in [2.45, 2.75) is 66.0 Å². The van der Waals surface area contributed by atoms with Gasteiger partial charge in [-0.2, -0.15) is 0 Å². The topological polar surface area (TPSA) is 117 Å². The number of carbonyl (C=O) groups excluding carboxylic acids is 4. The van der Waals surface area contributed by atoms with Gasteiger partial charge in [0.1, 0.15) is 17.8 Å². The Bertz CT molecular complexity index is 1030. The fraction of sp³-hybridized carbons (Fsp3) is 0.640. The van der Waals surface area contributed by atoms with Crippen molar-refractivity contribution in [3.05, 3.63) is 23.4 Å². The molecule has 198 valence electrons. The zero-order valence-corrected chi connectivity index (χ0v) is 22.2. The molecule has 0 aromatic carbocycles. The number of rotatable bonds is 6. The SMILES string of the molecule is CC(=O)N1CC(=O)NC(=Cc2ncn(CCCN3CCN(C(=O)OC(C)(C)C)CC3)c2C(C)C)C1=O. The van der Waals surface area contributed by atoms with Crippen LogP contribution in [0, 0.1) is 0 Å². The van der Waals surface area contributed by atoms with Crippen molar-refractivity contribution in [3.8, 4) is 0 Å². The van der Waals surface area contributed by atoms with Crippen LogP contribution in [0.3, 0.4) is 0 Å². The van der Waals surface area contributed by atoms with Crippen LogP contribution < -0.4 is 5.32 Å². The summed E-state index contributed by atoms with van der Waals surface area (Å²) in [5, 5.41) is 2.57. The zero-order valence-electron chi connectivity index (χ0n) is 22.2. The monoisotopic (exact) mass is 502 g/mol. The number of nitrogens with one attached hydrogen (secondary N) is 1.